The van der Waals surface area contributed by atoms with Crippen LogP contribution in [0.25, 0.3) is 11.1 Å². The van der Waals surface area contributed by atoms with Crippen LogP contribution < -0.4 is 5.30 Å². The van der Waals surface area contributed by atoms with Crippen molar-refractivity contribution in [3.63, 3.8) is 0 Å². The highest BCUT2D eigenvalue weighted by molar-refractivity contribution is 7.66. The first-order valence-corrected chi connectivity index (χ1v) is 7.50. The molecule has 2 aromatic rings. The van der Waals surface area contributed by atoms with Crippen LogP contribution in [0.3, 0.4) is 0 Å². The smallest absolute Gasteiger partial charge is 0.229 e. The van der Waals surface area contributed by atoms with Crippen LogP contribution >= 0.6 is 7.37 Å². The zero-order valence-electron chi connectivity index (χ0n) is 9.96. The van der Waals surface area contributed by atoms with Gasteiger partial charge in [0.15, 0.2) is 0 Å². The minimum atomic E-state index is -2.73. The lowest BCUT2D eigenvalue weighted by Gasteiger charge is -2.15. The molecule has 0 saturated carbocycles. The second kappa shape index (κ2) is 4.87. The van der Waals surface area contributed by atoms with Gasteiger partial charge < -0.3 is 4.52 Å². The minimum absolute atomic E-state index is 0.772. The Bertz CT molecular complexity index is 549. The van der Waals surface area contributed by atoms with E-state index in [1.165, 1.54) is 7.11 Å². The van der Waals surface area contributed by atoms with E-state index in [1.54, 1.807) is 6.66 Å². The molecule has 0 amide bonds. The van der Waals surface area contributed by atoms with Crippen molar-refractivity contribution in [2.24, 2.45) is 0 Å². The average molecular weight is 246 g/mol. The Morgan fingerprint density at radius 1 is 0.941 bits per heavy atom. The summed E-state index contributed by atoms with van der Waals surface area (Å²) in [4.78, 5) is 0. The predicted octanol–water partition coefficient (Wildman–Crippen LogP) is 3.53. The van der Waals surface area contributed by atoms with Gasteiger partial charge in [0, 0.05) is 19.1 Å². The van der Waals surface area contributed by atoms with Crippen LogP contribution in [0.4, 0.5) is 0 Å². The molecule has 0 aliphatic carbocycles. The molecular weight excluding hydrogens is 231 g/mol. The van der Waals surface area contributed by atoms with Crippen molar-refractivity contribution in [2.45, 2.75) is 0 Å². The van der Waals surface area contributed by atoms with Gasteiger partial charge in [0.05, 0.1) is 0 Å². The number of hydrogen-bond acceptors (Lipinski definition) is 2. The zero-order chi connectivity index (χ0) is 12.3. The fraction of sp³-hybridized carbons (Fsp3) is 0.143. The topological polar surface area (TPSA) is 26.3 Å². The van der Waals surface area contributed by atoms with E-state index >= 15 is 0 Å². The molecule has 0 aliphatic heterocycles. The normalized spacial score (nSPS) is 14.2. The Morgan fingerprint density at radius 3 is 2.18 bits per heavy atom. The molecule has 0 aliphatic rings. The van der Waals surface area contributed by atoms with Gasteiger partial charge in [0.2, 0.25) is 7.37 Å². The van der Waals surface area contributed by atoms with Crippen molar-refractivity contribution in [2.75, 3.05) is 13.8 Å². The third-order valence-corrected chi connectivity index (χ3v) is 4.74. The molecule has 17 heavy (non-hydrogen) atoms. The largest absolute Gasteiger partial charge is 0.329 e. The van der Waals surface area contributed by atoms with E-state index < -0.39 is 7.37 Å². The second-order valence-electron chi connectivity index (χ2n) is 3.91. The molecular formula is C14H15O2P. The van der Waals surface area contributed by atoms with Gasteiger partial charge in [-0.2, -0.15) is 0 Å². The molecule has 88 valence electrons. The molecule has 2 aromatic carbocycles. The molecule has 0 fully saturated rings. The lowest BCUT2D eigenvalue weighted by molar-refractivity contribution is 0.408. The summed E-state index contributed by atoms with van der Waals surface area (Å²) in [6, 6.07) is 17.6. The summed E-state index contributed by atoms with van der Waals surface area (Å²) in [7, 11) is -1.24. The van der Waals surface area contributed by atoms with Gasteiger partial charge in [-0.05, 0) is 17.2 Å². The molecule has 2 rings (SSSR count). The average Bonchev–Trinajstić information content (AvgIpc) is 2.40. The fourth-order valence-corrected chi connectivity index (χ4v) is 2.98. The highest BCUT2D eigenvalue weighted by Gasteiger charge is 2.21. The van der Waals surface area contributed by atoms with E-state index in [0.717, 1.165) is 16.4 Å². The predicted molar refractivity (Wildman–Crippen MR) is 72.1 cm³/mol. The Labute approximate surface area is 102 Å². The monoisotopic (exact) mass is 246 g/mol. The Morgan fingerprint density at radius 2 is 1.53 bits per heavy atom. The third kappa shape index (κ3) is 2.49. The van der Waals surface area contributed by atoms with Crippen molar-refractivity contribution >= 4 is 12.7 Å². The van der Waals surface area contributed by atoms with Gasteiger partial charge in [-0.25, -0.2) is 0 Å². The summed E-state index contributed by atoms with van der Waals surface area (Å²) >= 11 is 0. The molecule has 0 unspecified atom stereocenters. The first-order chi connectivity index (χ1) is 8.15. The van der Waals surface area contributed by atoms with Crippen LogP contribution in [0, 0.1) is 0 Å². The van der Waals surface area contributed by atoms with E-state index in [0.29, 0.717) is 0 Å². The van der Waals surface area contributed by atoms with Gasteiger partial charge in [-0.3, -0.25) is 4.57 Å². The summed E-state index contributed by atoms with van der Waals surface area (Å²) in [5.41, 5.74) is 2.03. The van der Waals surface area contributed by atoms with Crippen LogP contribution in [0.2, 0.25) is 0 Å². The van der Waals surface area contributed by atoms with Crippen LogP contribution in [-0.4, -0.2) is 13.8 Å². The molecule has 1 atom stereocenters. The molecule has 0 bridgehead atoms. The molecule has 0 aromatic heterocycles. The molecule has 0 heterocycles. The van der Waals surface area contributed by atoms with Crippen molar-refractivity contribution in [1.29, 1.82) is 0 Å². The van der Waals surface area contributed by atoms with Crippen LogP contribution in [-0.2, 0) is 9.09 Å². The lowest BCUT2D eigenvalue weighted by atomic mass is 10.1. The van der Waals surface area contributed by atoms with Crippen molar-refractivity contribution < 1.29 is 9.09 Å². The van der Waals surface area contributed by atoms with Gasteiger partial charge in [0.25, 0.3) is 0 Å². The maximum atomic E-state index is 12.4. The summed E-state index contributed by atoms with van der Waals surface area (Å²) in [6.45, 7) is 1.65. The highest BCUT2D eigenvalue weighted by atomic mass is 31.2. The minimum Gasteiger partial charge on any atom is -0.329 e. The summed E-state index contributed by atoms with van der Waals surface area (Å²) in [6.07, 6.45) is 0. The Hall–Kier alpha value is -1.37. The highest BCUT2D eigenvalue weighted by Crippen LogP contribution is 2.43. The molecule has 0 radical (unpaired) electrons. The number of benzene rings is 2. The Balaban J connectivity index is 2.60. The second-order valence-corrected chi connectivity index (χ2v) is 6.45. The van der Waals surface area contributed by atoms with Crippen LogP contribution in [0.5, 0.6) is 0 Å². The van der Waals surface area contributed by atoms with E-state index in [9.17, 15) is 4.57 Å². The van der Waals surface area contributed by atoms with Gasteiger partial charge in [0.1, 0.15) is 0 Å². The SMILES string of the molecule is CO[P@@](C)(=O)c1ccccc1-c1ccccc1. The van der Waals surface area contributed by atoms with E-state index in [4.69, 9.17) is 4.52 Å². The van der Waals surface area contributed by atoms with Gasteiger partial charge >= 0.3 is 0 Å². The maximum absolute atomic E-state index is 12.4. The number of hydrogen-bond donors (Lipinski definition) is 0. The molecule has 2 nitrogen and oxygen atoms in total. The third-order valence-electron chi connectivity index (χ3n) is 2.77. The zero-order valence-corrected chi connectivity index (χ0v) is 10.9. The Kier molecular flexibility index (Phi) is 3.46. The van der Waals surface area contributed by atoms with E-state index in [1.807, 2.05) is 54.6 Å². The summed E-state index contributed by atoms with van der Waals surface area (Å²) in [5, 5.41) is 0.772. The van der Waals surface area contributed by atoms with Crippen molar-refractivity contribution in [3.8, 4) is 11.1 Å². The number of rotatable bonds is 3. The van der Waals surface area contributed by atoms with Crippen LogP contribution in [0.1, 0.15) is 0 Å². The quantitative estimate of drug-likeness (QED) is 0.774. The molecule has 0 saturated heterocycles. The molecule has 0 spiro atoms. The summed E-state index contributed by atoms with van der Waals surface area (Å²) < 4.78 is 17.5. The lowest BCUT2D eigenvalue weighted by Crippen LogP contribution is -2.08. The fourth-order valence-electron chi connectivity index (χ4n) is 1.79. The molecule has 0 N–H and O–H groups in total. The van der Waals surface area contributed by atoms with Gasteiger partial charge in [-0.1, -0.05) is 48.5 Å². The van der Waals surface area contributed by atoms with E-state index in [-0.39, 0.29) is 0 Å². The molecule has 3 heteroatoms. The van der Waals surface area contributed by atoms with Gasteiger partial charge in [-0.15, -0.1) is 0 Å². The van der Waals surface area contributed by atoms with E-state index in [2.05, 4.69) is 0 Å². The first-order valence-electron chi connectivity index (χ1n) is 5.43. The van der Waals surface area contributed by atoms with Crippen molar-refractivity contribution in [3.05, 3.63) is 54.6 Å². The maximum Gasteiger partial charge on any atom is 0.229 e. The standard InChI is InChI=1S/C14H15O2P/c1-16-17(2,15)14-11-7-6-10-13(14)12-8-4-3-5-9-12/h3-11H,1-2H3/t17-/m1/s1. The van der Waals surface area contributed by atoms with Crippen LogP contribution in [0.15, 0.2) is 54.6 Å². The first kappa shape index (κ1) is 12.1. The van der Waals surface area contributed by atoms with Crippen molar-refractivity contribution in [1.82, 2.24) is 0 Å². The summed E-state index contributed by atoms with van der Waals surface area (Å²) in [5.74, 6) is 0.